The summed E-state index contributed by atoms with van der Waals surface area (Å²) in [4.78, 5) is 2.36. The minimum Gasteiger partial charge on any atom is -0.424 e. The maximum atomic E-state index is 5.66. The Hall–Kier alpha value is -0.940. The van der Waals surface area contributed by atoms with Crippen molar-refractivity contribution >= 4 is 0 Å². The average Bonchev–Trinajstić information content (AvgIpc) is 2.78. The highest BCUT2D eigenvalue weighted by Crippen LogP contribution is 2.17. The van der Waals surface area contributed by atoms with Gasteiger partial charge in [0.2, 0.25) is 11.8 Å². The molecule has 1 fully saturated rings. The van der Waals surface area contributed by atoms with E-state index in [1.165, 1.54) is 12.8 Å². The molecule has 0 amide bonds. The van der Waals surface area contributed by atoms with Gasteiger partial charge < -0.3 is 10.2 Å². The van der Waals surface area contributed by atoms with E-state index < -0.39 is 0 Å². The van der Waals surface area contributed by atoms with E-state index in [9.17, 15) is 0 Å². The predicted molar refractivity (Wildman–Crippen MR) is 60.7 cm³/mol. The first kappa shape index (κ1) is 11.5. The van der Waals surface area contributed by atoms with Crippen molar-refractivity contribution < 1.29 is 4.42 Å². The molecule has 0 aromatic carbocycles. The first-order chi connectivity index (χ1) is 7.81. The fourth-order valence-electron chi connectivity index (χ4n) is 2.07. The molecule has 5 nitrogen and oxygen atoms in total. The van der Waals surface area contributed by atoms with Crippen LogP contribution >= 0.6 is 0 Å². The van der Waals surface area contributed by atoms with Gasteiger partial charge in [0.1, 0.15) is 0 Å². The van der Waals surface area contributed by atoms with Crippen molar-refractivity contribution in [1.82, 2.24) is 15.1 Å². The van der Waals surface area contributed by atoms with E-state index in [2.05, 4.69) is 15.1 Å². The maximum absolute atomic E-state index is 5.66. The van der Waals surface area contributed by atoms with Crippen molar-refractivity contribution in [3.05, 3.63) is 11.8 Å². The quantitative estimate of drug-likeness (QED) is 0.819. The Labute approximate surface area is 96.0 Å². The minimum absolute atomic E-state index is 0.699. The molecule has 2 rings (SSSR count). The monoisotopic (exact) mass is 224 g/mol. The second kappa shape index (κ2) is 5.41. The molecule has 0 spiro atoms. The molecule has 1 saturated heterocycles. The summed E-state index contributed by atoms with van der Waals surface area (Å²) in [5, 5.41) is 8.01. The average molecular weight is 224 g/mol. The van der Waals surface area contributed by atoms with E-state index in [0.29, 0.717) is 5.92 Å². The maximum Gasteiger partial charge on any atom is 0.230 e. The highest BCUT2D eigenvalue weighted by Gasteiger charge is 2.19. The van der Waals surface area contributed by atoms with Crippen molar-refractivity contribution in [1.29, 1.82) is 0 Å². The zero-order chi connectivity index (χ0) is 11.4. The van der Waals surface area contributed by atoms with E-state index in [4.69, 9.17) is 10.2 Å². The van der Waals surface area contributed by atoms with Gasteiger partial charge in [0.15, 0.2) is 0 Å². The summed E-state index contributed by atoms with van der Waals surface area (Å²) >= 11 is 0. The van der Waals surface area contributed by atoms with Gasteiger partial charge in [-0.3, -0.25) is 4.90 Å². The first-order valence-electron chi connectivity index (χ1n) is 6.05. The molecule has 1 aromatic rings. The van der Waals surface area contributed by atoms with E-state index in [-0.39, 0.29) is 0 Å². The van der Waals surface area contributed by atoms with Crippen LogP contribution in [0.5, 0.6) is 0 Å². The third-order valence-corrected chi connectivity index (χ3v) is 3.21. The van der Waals surface area contributed by atoms with Gasteiger partial charge in [0.05, 0.1) is 6.54 Å². The van der Waals surface area contributed by atoms with Crippen molar-refractivity contribution in [2.75, 3.05) is 19.6 Å². The Bertz CT molecular complexity index is 318. The molecule has 0 bridgehead atoms. The molecule has 0 aliphatic carbocycles. The van der Waals surface area contributed by atoms with E-state index in [1.807, 2.05) is 6.92 Å². The summed E-state index contributed by atoms with van der Waals surface area (Å²) in [6.45, 7) is 5.79. The van der Waals surface area contributed by atoms with Crippen LogP contribution in [0.1, 0.15) is 31.5 Å². The standard InChI is InChI=1S/C11H20N4O/c1-2-10-13-14-11(16-10)8-15-5-3-9(7-12)4-6-15/h9H,2-8,12H2,1H3. The number of nitrogens with zero attached hydrogens (tertiary/aromatic N) is 3. The van der Waals surface area contributed by atoms with Crippen molar-refractivity contribution in [3.8, 4) is 0 Å². The number of hydrogen-bond acceptors (Lipinski definition) is 5. The number of hydrogen-bond donors (Lipinski definition) is 1. The van der Waals surface area contributed by atoms with Gasteiger partial charge in [-0.1, -0.05) is 6.92 Å². The Morgan fingerprint density at radius 2 is 2.00 bits per heavy atom. The number of nitrogens with two attached hydrogens (primary N) is 1. The van der Waals surface area contributed by atoms with Crippen LogP contribution in [0.25, 0.3) is 0 Å². The van der Waals surface area contributed by atoms with Gasteiger partial charge >= 0.3 is 0 Å². The zero-order valence-electron chi connectivity index (χ0n) is 9.85. The van der Waals surface area contributed by atoms with Gasteiger partial charge in [-0.05, 0) is 38.4 Å². The van der Waals surface area contributed by atoms with E-state index >= 15 is 0 Å². The summed E-state index contributed by atoms with van der Waals surface area (Å²) in [7, 11) is 0. The largest absolute Gasteiger partial charge is 0.424 e. The molecular formula is C11H20N4O. The van der Waals surface area contributed by atoms with Gasteiger partial charge in [-0.15, -0.1) is 10.2 Å². The fourth-order valence-corrected chi connectivity index (χ4v) is 2.07. The molecule has 1 aromatic heterocycles. The number of likely N-dealkylation sites (tertiary alicyclic amines) is 1. The van der Waals surface area contributed by atoms with Gasteiger partial charge in [0, 0.05) is 6.42 Å². The number of aromatic nitrogens is 2. The van der Waals surface area contributed by atoms with Gasteiger partial charge in [0.25, 0.3) is 0 Å². The number of piperidine rings is 1. The molecule has 2 heterocycles. The molecule has 0 saturated carbocycles. The first-order valence-corrected chi connectivity index (χ1v) is 6.05. The Morgan fingerprint density at radius 3 is 2.56 bits per heavy atom. The Morgan fingerprint density at radius 1 is 1.31 bits per heavy atom. The van der Waals surface area contributed by atoms with E-state index in [1.54, 1.807) is 0 Å². The third-order valence-electron chi connectivity index (χ3n) is 3.21. The fraction of sp³-hybridized carbons (Fsp3) is 0.818. The smallest absolute Gasteiger partial charge is 0.230 e. The molecule has 0 atom stereocenters. The summed E-state index contributed by atoms with van der Waals surface area (Å²) in [5.41, 5.74) is 5.66. The summed E-state index contributed by atoms with van der Waals surface area (Å²) in [6, 6.07) is 0. The van der Waals surface area contributed by atoms with Crippen molar-refractivity contribution in [2.45, 2.75) is 32.7 Å². The second-order valence-electron chi connectivity index (χ2n) is 4.40. The van der Waals surface area contributed by atoms with Crippen LogP contribution in [-0.4, -0.2) is 34.7 Å². The molecule has 1 aliphatic heterocycles. The summed E-state index contributed by atoms with van der Waals surface area (Å²) in [5.74, 6) is 2.17. The molecule has 0 radical (unpaired) electrons. The van der Waals surface area contributed by atoms with E-state index in [0.717, 1.165) is 44.4 Å². The normalized spacial score (nSPS) is 19.1. The van der Waals surface area contributed by atoms with Crippen LogP contribution in [-0.2, 0) is 13.0 Å². The second-order valence-corrected chi connectivity index (χ2v) is 4.40. The van der Waals surface area contributed by atoms with Crippen molar-refractivity contribution in [2.24, 2.45) is 11.7 Å². The zero-order valence-corrected chi connectivity index (χ0v) is 9.85. The molecule has 16 heavy (non-hydrogen) atoms. The molecule has 0 unspecified atom stereocenters. The molecule has 1 aliphatic rings. The molecule has 90 valence electrons. The van der Waals surface area contributed by atoms with Crippen molar-refractivity contribution in [3.63, 3.8) is 0 Å². The lowest BCUT2D eigenvalue weighted by Gasteiger charge is -2.30. The molecular weight excluding hydrogens is 204 g/mol. The van der Waals surface area contributed by atoms with Crippen LogP contribution in [0.2, 0.25) is 0 Å². The molecule has 2 N–H and O–H groups in total. The topological polar surface area (TPSA) is 68.2 Å². The summed E-state index contributed by atoms with van der Waals surface area (Å²) < 4.78 is 5.50. The van der Waals surface area contributed by atoms with Crippen LogP contribution in [0.4, 0.5) is 0 Å². The van der Waals surface area contributed by atoms with Gasteiger partial charge in [-0.25, -0.2) is 0 Å². The lowest BCUT2D eigenvalue weighted by molar-refractivity contribution is 0.166. The van der Waals surface area contributed by atoms with Gasteiger partial charge in [-0.2, -0.15) is 0 Å². The van der Waals surface area contributed by atoms with Crippen LogP contribution < -0.4 is 5.73 Å². The third kappa shape index (κ3) is 2.80. The number of aryl methyl sites for hydroxylation is 1. The molecule has 5 heteroatoms. The summed E-state index contributed by atoms with van der Waals surface area (Å²) in [6.07, 6.45) is 3.18. The lowest BCUT2D eigenvalue weighted by atomic mass is 9.97. The minimum atomic E-state index is 0.699. The SMILES string of the molecule is CCc1nnc(CN2CCC(CN)CC2)o1. The lowest BCUT2D eigenvalue weighted by Crippen LogP contribution is -2.35. The Balaban J connectivity index is 1.82. The van der Waals surface area contributed by atoms with Crippen LogP contribution in [0.15, 0.2) is 4.42 Å². The predicted octanol–water partition coefficient (Wildman–Crippen LogP) is 0.803. The highest BCUT2D eigenvalue weighted by molar-refractivity contribution is 4.83. The van der Waals surface area contributed by atoms with Crippen LogP contribution in [0, 0.1) is 5.92 Å². The van der Waals surface area contributed by atoms with Crippen LogP contribution in [0.3, 0.4) is 0 Å². The number of rotatable bonds is 4. The Kier molecular flexibility index (Phi) is 3.90. The highest BCUT2D eigenvalue weighted by atomic mass is 16.4.